The molecule has 2 heterocycles. The zero-order valence-electron chi connectivity index (χ0n) is 17.1. The van der Waals surface area contributed by atoms with Crippen LogP contribution < -0.4 is 10.6 Å². The Morgan fingerprint density at radius 3 is 2.63 bits per heavy atom. The quantitative estimate of drug-likeness (QED) is 0.460. The average Bonchev–Trinajstić information content (AvgIpc) is 3.53. The lowest BCUT2D eigenvalue weighted by atomic mass is 10.1. The molecule has 0 saturated heterocycles. The number of aromatic nitrogens is 3. The zero-order valence-corrected chi connectivity index (χ0v) is 17.1. The number of benzene rings is 2. The van der Waals surface area contributed by atoms with Gasteiger partial charge in [-0.1, -0.05) is 30.3 Å². The Balaban J connectivity index is 1.29. The average molecular weight is 399 g/mol. The van der Waals surface area contributed by atoms with Gasteiger partial charge in [-0.25, -0.2) is 9.97 Å². The molecule has 2 aromatic carbocycles. The molecule has 5 rings (SSSR count). The van der Waals surface area contributed by atoms with E-state index in [4.69, 9.17) is 9.97 Å². The van der Waals surface area contributed by atoms with Crippen LogP contribution >= 0.6 is 0 Å². The smallest absolute Gasteiger partial charge is 0.252 e. The van der Waals surface area contributed by atoms with Crippen molar-refractivity contribution in [2.24, 2.45) is 7.05 Å². The van der Waals surface area contributed by atoms with Crippen molar-refractivity contribution < 1.29 is 4.79 Å². The Hall–Kier alpha value is -3.41. The first-order chi connectivity index (χ1) is 14.7. The van der Waals surface area contributed by atoms with Crippen LogP contribution in [0.15, 0.2) is 54.6 Å². The van der Waals surface area contributed by atoms with E-state index in [0.717, 1.165) is 65.8 Å². The van der Waals surface area contributed by atoms with Gasteiger partial charge in [0.2, 0.25) is 0 Å². The number of rotatable bonds is 7. The van der Waals surface area contributed by atoms with E-state index in [1.165, 1.54) is 0 Å². The highest BCUT2D eigenvalue weighted by atomic mass is 16.1. The lowest BCUT2D eigenvalue weighted by molar-refractivity contribution is 0.0952. The molecule has 1 fully saturated rings. The molecule has 152 valence electrons. The molecule has 1 amide bonds. The van der Waals surface area contributed by atoms with Crippen molar-refractivity contribution >= 4 is 33.7 Å². The van der Waals surface area contributed by atoms with Crippen LogP contribution in [0.5, 0.6) is 0 Å². The summed E-state index contributed by atoms with van der Waals surface area (Å²) in [6.07, 6.45) is 3.94. The van der Waals surface area contributed by atoms with Crippen LogP contribution in [0.25, 0.3) is 21.9 Å². The lowest BCUT2D eigenvalue weighted by Gasteiger charge is -2.11. The molecule has 0 spiro atoms. The van der Waals surface area contributed by atoms with Crippen molar-refractivity contribution in [1.29, 1.82) is 0 Å². The second-order valence-corrected chi connectivity index (χ2v) is 7.93. The first-order valence-corrected chi connectivity index (χ1v) is 10.5. The molecule has 2 aromatic heterocycles. The van der Waals surface area contributed by atoms with Crippen molar-refractivity contribution in [1.82, 2.24) is 19.9 Å². The maximum absolute atomic E-state index is 12.7. The van der Waals surface area contributed by atoms with Gasteiger partial charge in [-0.2, -0.15) is 0 Å². The van der Waals surface area contributed by atoms with E-state index in [1.807, 2.05) is 48.5 Å². The Kier molecular flexibility index (Phi) is 4.83. The fraction of sp³-hybridized carbons (Fsp3) is 0.292. The molecule has 1 aliphatic carbocycles. The molecule has 6 heteroatoms. The second-order valence-electron chi connectivity index (χ2n) is 7.93. The molecular weight excluding hydrogens is 374 g/mol. The number of carbonyl (C=O) groups is 1. The van der Waals surface area contributed by atoms with E-state index in [2.05, 4.69) is 28.3 Å². The van der Waals surface area contributed by atoms with Gasteiger partial charge in [-0.3, -0.25) is 4.79 Å². The maximum Gasteiger partial charge on any atom is 0.252 e. The minimum absolute atomic E-state index is 0.0150. The van der Waals surface area contributed by atoms with Crippen LogP contribution in [-0.2, 0) is 13.5 Å². The number of nitrogens with zero attached hydrogens (tertiary/aromatic N) is 3. The summed E-state index contributed by atoms with van der Waals surface area (Å²) in [7, 11) is 2.06. The number of aryl methyl sites for hydroxylation is 2. The van der Waals surface area contributed by atoms with Crippen molar-refractivity contribution in [3.63, 3.8) is 0 Å². The summed E-state index contributed by atoms with van der Waals surface area (Å²) in [5.41, 5.74) is 3.71. The summed E-state index contributed by atoms with van der Waals surface area (Å²) >= 11 is 0. The number of hydrogen-bond donors (Lipinski definition) is 2. The number of amides is 1. The number of fused-ring (bicyclic) bond motifs is 2. The van der Waals surface area contributed by atoms with E-state index in [-0.39, 0.29) is 5.91 Å². The van der Waals surface area contributed by atoms with Gasteiger partial charge in [0.15, 0.2) is 0 Å². The molecule has 1 aliphatic rings. The minimum Gasteiger partial charge on any atom is -0.370 e. The van der Waals surface area contributed by atoms with Gasteiger partial charge in [-0.05, 0) is 43.5 Å². The summed E-state index contributed by atoms with van der Waals surface area (Å²) in [6.45, 7) is 0.762. The molecule has 0 bridgehead atoms. The number of nitrogens with one attached hydrogen (secondary N) is 2. The summed E-state index contributed by atoms with van der Waals surface area (Å²) in [6, 6.07) is 18.2. The predicted octanol–water partition coefficient (Wildman–Crippen LogP) is 4.06. The lowest BCUT2D eigenvalue weighted by Crippen LogP contribution is -2.25. The Morgan fingerprint density at radius 2 is 1.83 bits per heavy atom. The van der Waals surface area contributed by atoms with Crippen molar-refractivity contribution in [3.05, 3.63) is 66.0 Å². The summed E-state index contributed by atoms with van der Waals surface area (Å²) in [5.74, 6) is 1.80. The van der Waals surface area contributed by atoms with E-state index >= 15 is 0 Å². The van der Waals surface area contributed by atoms with Crippen molar-refractivity contribution in [2.75, 3.05) is 11.9 Å². The zero-order chi connectivity index (χ0) is 20.5. The first-order valence-electron chi connectivity index (χ1n) is 10.5. The van der Waals surface area contributed by atoms with Gasteiger partial charge in [-0.15, -0.1) is 0 Å². The number of carbonyl (C=O) groups excluding carboxylic acids is 1. The van der Waals surface area contributed by atoms with Crippen LogP contribution in [0, 0.1) is 0 Å². The monoisotopic (exact) mass is 399 g/mol. The number of imidazole rings is 1. The third-order valence-corrected chi connectivity index (χ3v) is 5.64. The van der Waals surface area contributed by atoms with E-state index in [1.54, 1.807) is 0 Å². The minimum atomic E-state index is -0.0150. The number of pyridine rings is 1. The molecule has 0 aliphatic heterocycles. The van der Waals surface area contributed by atoms with Gasteiger partial charge in [0.25, 0.3) is 5.91 Å². The van der Waals surface area contributed by atoms with E-state index in [0.29, 0.717) is 11.6 Å². The van der Waals surface area contributed by atoms with Crippen LogP contribution in [-0.4, -0.2) is 33.0 Å². The first kappa shape index (κ1) is 18.6. The third kappa shape index (κ3) is 3.73. The Labute approximate surface area is 175 Å². The predicted molar refractivity (Wildman–Crippen MR) is 120 cm³/mol. The van der Waals surface area contributed by atoms with Crippen molar-refractivity contribution in [3.8, 4) is 0 Å². The van der Waals surface area contributed by atoms with Gasteiger partial charge >= 0.3 is 0 Å². The van der Waals surface area contributed by atoms with Gasteiger partial charge in [0, 0.05) is 31.4 Å². The molecule has 2 N–H and O–H groups in total. The highest BCUT2D eigenvalue weighted by Crippen LogP contribution is 2.24. The molecule has 4 aromatic rings. The topological polar surface area (TPSA) is 71.8 Å². The molecular formula is C24H25N5O. The van der Waals surface area contributed by atoms with Gasteiger partial charge in [0.1, 0.15) is 11.6 Å². The largest absolute Gasteiger partial charge is 0.370 e. The van der Waals surface area contributed by atoms with Gasteiger partial charge < -0.3 is 15.2 Å². The summed E-state index contributed by atoms with van der Waals surface area (Å²) < 4.78 is 2.16. The fourth-order valence-electron chi connectivity index (χ4n) is 3.83. The summed E-state index contributed by atoms with van der Waals surface area (Å²) in [4.78, 5) is 22.2. The number of para-hydroxylation sites is 3. The normalized spacial score (nSPS) is 13.6. The van der Waals surface area contributed by atoms with Crippen LogP contribution in [0.2, 0.25) is 0 Å². The SMILES string of the molecule is Cn1c(CCCNc2cc(C(=O)NC3CC3)c3ccccc3n2)nc2ccccc21. The molecule has 0 radical (unpaired) electrons. The maximum atomic E-state index is 12.7. The molecule has 0 atom stereocenters. The number of hydrogen-bond acceptors (Lipinski definition) is 4. The highest BCUT2D eigenvalue weighted by molar-refractivity contribution is 6.07. The summed E-state index contributed by atoms with van der Waals surface area (Å²) in [5, 5.41) is 7.38. The van der Waals surface area contributed by atoms with E-state index < -0.39 is 0 Å². The standard InChI is InChI=1S/C24H25N5O/c1-29-21-10-5-4-9-20(21)28-23(29)11-6-14-25-22-15-18(24(30)26-16-12-13-16)17-7-2-3-8-19(17)27-22/h2-5,7-10,15-16H,6,11-14H2,1H3,(H,25,27)(H,26,30). The molecule has 1 saturated carbocycles. The Morgan fingerprint density at radius 1 is 1.07 bits per heavy atom. The molecule has 6 nitrogen and oxygen atoms in total. The Bertz CT molecular complexity index is 1220. The molecule has 30 heavy (non-hydrogen) atoms. The van der Waals surface area contributed by atoms with Crippen LogP contribution in [0.3, 0.4) is 0 Å². The number of anilines is 1. The fourth-order valence-corrected chi connectivity index (χ4v) is 3.83. The highest BCUT2D eigenvalue weighted by Gasteiger charge is 2.25. The van der Waals surface area contributed by atoms with Gasteiger partial charge in [0.05, 0.1) is 22.1 Å². The van der Waals surface area contributed by atoms with Crippen LogP contribution in [0.1, 0.15) is 35.4 Å². The van der Waals surface area contributed by atoms with Crippen LogP contribution in [0.4, 0.5) is 5.82 Å². The van der Waals surface area contributed by atoms with E-state index in [9.17, 15) is 4.79 Å². The van der Waals surface area contributed by atoms with Crippen molar-refractivity contribution in [2.45, 2.75) is 31.7 Å². The second kappa shape index (κ2) is 7.78. The third-order valence-electron chi connectivity index (χ3n) is 5.64. The molecule has 0 unspecified atom stereocenters.